The molecule has 5 nitrogen and oxygen atoms in total. The van der Waals surface area contributed by atoms with Crippen LogP contribution in [0.25, 0.3) is 0 Å². The quantitative estimate of drug-likeness (QED) is 0.895. The summed E-state index contributed by atoms with van der Waals surface area (Å²) in [5, 5.41) is 12.1. The van der Waals surface area contributed by atoms with Crippen molar-refractivity contribution < 1.29 is 19.2 Å². The van der Waals surface area contributed by atoms with E-state index in [0.29, 0.717) is 11.7 Å². The van der Waals surface area contributed by atoms with Crippen LogP contribution < -0.4 is 4.74 Å². The van der Waals surface area contributed by atoms with E-state index >= 15 is 0 Å². The third kappa shape index (κ3) is 3.34. The minimum absolute atomic E-state index is 0.116. The van der Waals surface area contributed by atoms with Gasteiger partial charge >= 0.3 is 5.97 Å². The molecule has 0 radical (unpaired) electrons. The molecule has 0 bridgehead atoms. The topological polar surface area (TPSA) is 72.6 Å². The number of carboxylic acid groups (broad SMARTS) is 1. The third-order valence-corrected chi connectivity index (χ3v) is 2.68. The van der Waals surface area contributed by atoms with Gasteiger partial charge in [0.05, 0.1) is 0 Å². The zero-order valence-electron chi connectivity index (χ0n) is 10.8. The van der Waals surface area contributed by atoms with Crippen LogP contribution in [-0.4, -0.2) is 16.2 Å². The van der Waals surface area contributed by atoms with Crippen molar-refractivity contribution in [3.05, 3.63) is 47.3 Å². The molecule has 0 aliphatic carbocycles. The fraction of sp³-hybridized carbons (Fsp3) is 0.286. The Kier molecular flexibility index (Phi) is 3.85. The van der Waals surface area contributed by atoms with Crippen LogP contribution in [0.4, 0.5) is 0 Å². The molecule has 0 fully saturated rings. The molecule has 2 aromatic rings. The first-order chi connectivity index (χ1) is 9.06. The number of ether oxygens (including phenoxy) is 1. The molecule has 19 heavy (non-hydrogen) atoms. The average Bonchev–Trinajstić information content (AvgIpc) is 2.85. The highest BCUT2D eigenvalue weighted by Crippen LogP contribution is 2.21. The van der Waals surface area contributed by atoms with Gasteiger partial charge in [-0.25, -0.2) is 4.79 Å². The van der Waals surface area contributed by atoms with Crippen molar-refractivity contribution in [1.29, 1.82) is 0 Å². The molecule has 1 aromatic carbocycles. The number of carbonyl (C=O) groups is 1. The van der Waals surface area contributed by atoms with Gasteiger partial charge in [-0.3, -0.25) is 0 Å². The van der Waals surface area contributed by atoms with Crippen LogP contribution in [0.5, 0.6) is 5.75 Å². The normalized spacial score (nSPS) is 10.7. The zero-order valence-corrected chi connectivity index (χ0v) is 10.8. The molecular formula is C14H15NO4. The summed E-state index contributed by atoms with van der Waals surface area (Å²) >= 11 is 0. The number of aromatic nitrogens is 1. The fourth-order valence-electron chi connectivity index (χ4n) is 1.60. The Morgan fingerprint density at radius 2 is 2.21 bits per heavy atom. The van der Waals surface area contributed by atoms with Crippen LogP contribution in [0.3, 0.4) is 0 Å². The first-order valence-corrected chi connectivity index (χ1v) is 5.98. The molecule has 1 aromatic heterocycles. The molecule has 1 N–H and O–H groups in total. The molecule has 0 aliphatic rings. The Bertz CT molecular complexity index is 574. The molecule has 0 unspecified atom stereocenters. The molecule has 0 spiro atoms. The van der Waals surface area contributed by atoms with Crippen LogP contribution in [-0.2, 0) is 6.61 Å². The van der Waals surface area contributed by atoms with Crippen LogP contribution in [0.1, 0.15) is 41.6 Å². The van der Waals surface area contributed by atoms with Gasteiger partial charge in [0.1, 0.15) is 12.4 Å². The Balaban J connectivity index is 2.01. The molecule has 1 heterocycles. The van der Waals surface area contributed by atoms with Crippen LogP contribution in [0.15, 0.2) is 34.9 Å². The van der Waals surface area contributed by atoms with Crippen molar-refractivity contribution in [3.8, 4) is 5.75 Å². The molecule has 0 atom stereocenters. The lowest BCUT2D eigenvalue weighted by Gasteiger charge is -2.08. The summed E-state index contributed by atoms with van der Waals surface area (Å²) < 4.78 is 10.4. The number of rotatable bonds is 5. The van der Waals surface area contributed by atoms with E-state index in [1.807, 2.05) is 24.3 Å². The lowest BCUT2D eigenvalue weighted by Crippen LogP contribution is -1.96. The predicted octanol–water partition coefficient (Wildman–Crippen LogP) is 3.08. The highest BCUT2D eigenvalue weighted by Gasteiger charge is 2.11. The second-order valence-electron chi connectivity index (χ2n) is 4.50. The van der Waals surface area contributed by atoms with Gasteiger partial charge < -0.3 is 14.4 Å². The maximum absolute atomic E-state index is 10.6. The largest absolute Gasteiger partial charge is 0.486 e. The van der Waals surface area contributed by atoms with Crippen molar-refractivity contribution in [2.24, 2.45) is 0 Å². The number of hydrogen-bond acceptors (Lipinski definition) is 4. The number of nitrogens with zero attached hydrogens (tertiary/aromatic N) is 1. The second kappa shape index (κ2) is 5.56. The van der Waals surface area contributed by atoms with Gasteiger partial charge in [-0.2, -0.15) is 0 Å². The Morgan fingerprint density at radius 1 is 1.42 bits per heavy atom. The van der Waals surface area contributed by atoms with Crippen molar-refractivity contribution in [1.82, 2.24) is 5.16 Å². The van der Waals surface area contributed by atoms with E-state index in [4.69, 9.17) is 14.4 Å². The van der Waals surface area contributed by atoms with Gasteiger partial charge in [0.25, 0.3) is 0 Å². The van der Waals surface area contributed by atoms with Crippen LogP contribution >= 0.6 is 0 Å². The number of benzene rings is 1. The summed E-state index contributed by atoms with van der Waals surface area (Å²) in [6.45, 7) is 4.37. The van der Waals surface area contributed by atoms with E-state index in [-0.39, 0.29) is 12.3 Å². The highest BCUT2D eigenvalue weighted by atomic mass is 16.5. The Labute approximate surface area is 110 Å². The summed E-state index contributed by atoms with van der Waals surface area (Å²) in [4.78, 5) is 10.6. The predicted molar refractivity (Wildman–Crippen MR) is 68.3 cm³/mol. The van der Waals surface area contributed by atoms with Crippen molar-refractivity contribution >= 4 is 5.97 Å². The smallest absolute Gasteiger partial charge is 0.358 e. The minimum Gasteiger partial charge on any atom is -0.486 e. The first kappa shape index (κ1) is 13.1. The SMILES string of the molecule is CC(C)c1cccc(OCc2cc(C(=O)O)no2)c1. The van der Waals surface area contributed by atoms with Crippen molar-refractivity contribution in [2.75, 3.05) is 0 Å². The van der Waals surface area contributed by atoms with Gasteiger partial charge in [-0.1, -0.05) is 31.1 Å². The molecule has 0 aliphatic heterocycles. The van der Waals surface area contributed by atoms with Crippen molar-refractivity contribution in [3.63, 3.8) is 0 Å². The lowest BCUT2D eigenvalue weighted by molar-refractivity contribution is 0.0685. The van der Waals surface area contributed by atoms with Crippen molar-refractivity contribution in [2.45, 2.75) is 26.4 Å². The number of aromatic carboxylic acids is 1. The third-order valence-electron chi connectivity index (χ3n) is 2.68. The van der Waals surface area contributed by atoms with Crippen LogP contribution in [0.2, 0.25) is 0 Å². The van der Waals surface area contributed by atoms with Gasteiger partial charge in [-0.05, 0) is 23.6 Å². The lowest BCUT2D eigenvalue weighted by atomic mass is 10.0. The first-order valence-electron chi connectivity index (χ1n) is 5.98. The van der Waals surface area contributed by atoms with E-state index in [2.05, 4.69) is 19.0 Å². The van der Waals surface area contributed by atoms with Gasteiger partial charge in [-0.15, -0.1) is 0 Å². The summed E-state index contributed by atoms with van der Waals surface area (Å²) in [6, 6.07) is 9.12. The van der Waals surface area contributed by atoms with E-state index in [1.165, 1.54) is 11.6 Å². The number of hydrogen-bond donors (Lipinski definition) is 1. The average molecular weight is 261 g/mol. The fourth-order valence-corrected chi connectivity index (χ4v) is 1.60. The summed E-state index contributed by atoms with van der Waals surface area (Å²) in [5.41, 5.74) is 1.07. The van der Waals surface area contributed by atoms with E-state index in [0.717, 1.165) is 5.75 Å². The second-order valence-corrected chi connectivity index (χ2v) is 4.50. The van der Waals surface area contributed by atoms with Gasteiger partial charge in [0.15, 0.2) is 11.5 Å². The summed E-state index contributed by atoms with van der Waals surface area (Å²) in [7, 11) is 0. The molecular weight excluding hydrogens is 246 g/mol. The molecule has 5 heteroatoms. The van der Waals surface area contributed by atoms with E-state index in [1.54, 1.807) is 0 Å². The summed E-state index contributed by atoms with van der Waals surface area (Å²) in [5.74, 6) is 0.413. The maximum Gasteiger partial charge on any atom is 0.358 e. The maximum atomic E-state index is 10.6. The molecule has 0 saturated heterocycles. The van der Waals surface area contributed by atoms with Crippen LogP contribution in [0, 0.1) is 0 Å². The molecule has 100 valence electrons. The molecule has 2 rings (SSSR count). The Hall–Kier alpha value is -2.30. The van der Waals surface area contributed by atoms with E-state index < -0.39 is 5.97 Å². The summed E-state index contributed by atoms with van der Waals surface area (Å²) in [6.07, 6.45) is 0. The number of carboxylic acids is 1. The standard InChI is InChI=1S/C14H15NO4/c1-9(2)10-4-3-5-11(6-10)18-8-12-7-13(14(16)17)15-19-12/h3-7,9H,8H2,1-2H3,(H,16,17). The Morgan fingerprint density at radius 3 is 2.84 bits per heavy atom. The molecule has 0 saturated carbocycles. The van der Waals surface area contributed by atoms with Gasteiger partial charge in [0.2, 0.25) is 0 Å². The molecule has 0 amide bonds. The zero-order chi connectivity index (χ0) is 13.8. The highest BCUT2D eigenvalue weighted by molar-refractivity contribution is 5.85. The monoisotopic (exact) mass is 261 g/mol. The van der Waals surface area contributed by atoms with Gasteiger partial charge in [0, 0.05) is 6.07 Å². The van der Waals surface area contributed by atoms with E-state index in [9.17, 15) is 4.79 Å². The minimum atomic E-state index is -1.11.